The zero-order valence-electron chi connectivity index (χ0n) is 13.6. The quantitative estimate of drug-likeness (QED) is 0.724. The molecular formula is C17H18FN5O. The van der Waals surface area contributed by atoms with Gasteiger partial charge in [-0.25, -0.2) is 19.0 Å². The Morgan fingerprint density at radius 1 is 1.17 bits per heavy atom. The second-order valence-electron chi connectivity index (χ2n) is 6.13. The maximum Gasteiger partial charge on any atom is 0.168 e. The van der Waals surface area contributed by atoms with E-state index >= 15 is 0 Å². The van der Waals surface area contributed by atoms with Crippen LogP contribution in [0.1, 0.15) is 13.8 Å². The topological polar surface area (TPSA) is 56.1 Å². The summed E-state index contributed by atoms with van der Waals surface area (Å²) in [4.78, 5) is 11.0. The fraction of sp³-hybridized carbons (Fsp3) is 0.353. The van der Waals surface area contributed by atoms with Crippen LogP contribution in [0.15, 0.2) is 36.8 Å². The molecule has 0 N–H and O–H groups in total. The number of rotatable bonds is 2. The van der Waals surface area contributed by atoms with Gasteiger partial charge in [-0.2, -0.15) is 5.10 Å². The van der Waals surface area contributed by atoms with Gasteiger partial charge in [0, 0.05) is 13.1 Å². The second-order valence-corrected chi connectivity index (χ2v) is 6.13. The van der Waals surface area contributed by atoms with E-state index in [1.165, 1.54) is 18.5 Å². The van der Waals surface area contributed by atoms with Crippen molar-refractivity contribution in [2.45, 2.75) is 26.1 Å². The SMILES string of the molecule is CC1CN(c2ncnc3c2cnn3-c2cccc(F)c2)CC(C)O1. The Labute approximate surface area is 138 Å². The molecule has 0 amide bonds. The summed E-state index contributed by atoms with van der Waals surface area (Å²) in [5.74, 6) is 0.533. The molecule has 1 aromatic carbocycles. The monoisotopic (exact) mass is 327 g/mol. The number of fused-ring (bicyclic) bond motifs is 1. The van der Waals surface area contributed by atoms with Crippen LogP contribution in [0.2, 0.25) is 0 Å². The Morgan fingerprint density at radius 2 is 1.96 bits per heavy atom. The fourth-order valence-corrected chi connectivity index (χ4v) is 3.23. The van der Waals surface area contributed by atoms with Crippen molar-refractivity contribution >= 4 is 16.9 Å². The Kier molecular flexibility index (Phi) is 3.65. The molecule has 0 spiro atoms. The summed E-state index contributed by atoms with van der Waals surface area (Å²) in [5, 5.41) is 5.24. The second kappa shape index (κ2) is 5.83. The standard InChI is InChI=1S/C17H18FN5O/c1-11-8-22(9-12(2)24-11)16-15-7-21-23(17(15)20-10-19-16)14-5-3-4-13(18)6-14/h3-7,10-12H,8-9H2,1-2H3. The predicted molar refractivity (Wildman–Crippen MR) is 88.8 cm³/mol. The molecule has 2 aromatic heterocycles. The van der Waals surface area contributed by atoms with Crippen molar-refractivity contribution < 1.29 is 9.13 Å². The molecule has 3 heterocycles. The molecule has 2 unspecified atom stereocenters. The Bertz CT molecular complexity index is 870. The first-order valence-electron chi connectivity index (χ1n) is 7.97. The van der Waals surface area contributed by atoms with Gasteiger partial charge in [0.25, 0.3) is 0 Å². The Balaban J connectivity index is 1.79. The van der Waals surface area contributed by atoms with Gasteiger partial charge in [-0.05, 0) is 32.0 Å². The van der Waals surface area contributed by atoms with E-state index in [1.807, 2.05) is 0 Å². The van der Waals surface area contributed by atoms with E-state index in [1.54, 1.807) is 23.0 Å². The number of anilines is 1. The van der Waals surface area contributed by atoms with E-state index in [4.69, 9.17) is 4.74 Å². The number of nitrogens with zero attached hydrogens (tertiary/aromatic N) is 5. The summed E-state index contributed by atoms with van der Waals surface area (Å²) in [6.45, 7) is 5.64. The van der Waals surface area contributed by atoms with Gasteiger partial charge in [-0.3, -0.25) is 0 Å². The predicted octanol–water partition coefficient (Wildman–Crippen LogP) is 2.57. The molecule has 0 saturated carbocycles. The van der Waals surface area contributed by atoms with Crippen molar-refractivity contribution in [3.8, 4) is 5.69 Å². The lowest BCUT2D eigenvalue weighted by molar-refractivity contribution is -0.00537. The van der Waals surface area contributed by atoms with Crippen molar-refractivity contribution in [2.24, 2.45) is 0 Å². The summed E-state index contributed by atoms with van der Waals surface area (Å²) in [7, 11) is 0. The minimum atomic E-state index is -0.304. The number of ether oxygens (including phenoxy) is 1. The molecule has 124 valence electrons. The lowest BCUT2D eigenvalue weighted by atomic mass is 10.2. The maximum atomic E-state index is 13.5. The molecular weight excluding hydrogens is 309 g/mol. The maximum absolute atomic E-state index is 13.5. The van der Waals surface area contributed by atoms with Crippen LogP contribution in [-0.2, 0) is 4.74 Å². The molecule has 1 aliphatic rings. The first kappa shape index (κ1) is 15.0. The number of hydrogen-bond donors (Lipinski definition) is 0. The minimum Gasteiger partial charge on any atom is -0.372 e. The fourth-order valence-electron chi connectivity index (χ4n) is 3.23. The van der Waals surface area contributed by atoms with Crippen LogP contribution in [-0.4, -0.2) is 45.0 Å². The highest BCUT2D eigenvalue weighted by molar-refractivity contribution is 5.87. The van der Waals surface area contributed by atoms with Gasteiger partial charge in [0.15, 0.2) is 5.65 Å². The van der Waals surface area contributed by atoms with E-state index in [-0.39, 0.29) is 18.0 Å². The van der Waals surface area contributed by atoms with Gasteiger partial charge in [-0.15, -0.1) is 0 Å². The number of aromatic nitrogens is 4. The molecule has 24 heavy (non-hydrogen) atoms. The molecule has 4 rings (SSSR count). The van der Waals surface area contributed by atoms with Crippen LogP contribution in [0.25, 0.3) is 16.7 Å². The van der Waals surface area contributed by atoms with Crippen molar-refractivity contribution in [1.82, 2.24) is 19.7 Å². The molecule has 2 atom stereocenters. The molecule has 0 radical (unpaired) electrons. The third-order valence-electron chi connectivity index (χ3n) is 4.12. The third kappa shape index (κ3) is 2.60. The first-order chi connectivity index (χ1) is 11.6. The Morgan fingerprint density at radius 3 is 2.71 bits per heavy atom. The summed E-state index contributed by atoms with van der Waals surface area (Å²) in [6, 6.07) is 6.31. The minimum absolute atomic E-state index is 0.136. The molecule has 0 aliphatic carbocycles. The van der Waals surface area contributed by atoms with Crippen molar-refractivity contribution in [2.75, 3.05) is 18.0 Å². The van der Waals surface area contributed by atoms with Crippen molar-refractivity contribution in [1.29, 1.82) is 0 Å². The first-order valence-corrected chi connectivity index (χ1v) is 7.97. The van der Waals surface area contributed by atoms with Gasteiger partial charge in [-0.1, -0.05) is 6.07 Å². The summed E-state index contributed by atoms with van der Waals surface area (Å²) in [5.41, 5.74) is 1.30. The van der Waals surface area contributed by atoms with Crippen molar-refractivity contribution in [3.05, 3.63) is 42.6 Å². The van der Waals surface area contributed by atoms with Gasteiger partial charge < -0.3 is 9.64 Å². The molecule has 1 saturated heterocycles. The molecule has 1 aliphatic heterocycles. The zero-order chi connectivity index (χ0) is 16.7. The highest BCUT2D eigenvalue weighted by atomic mass is 19.1. The largest absolute Gasteiger partial charge is 0.372 e. The molecule has 7 heteroatoms. The smallest absolute Gasteiger partial charge is 0.168 e. The van der Waals surface area contributed by atoms with Crippen molar-refractivity contribution in [3.63, 3.8) is 0 Å². The van der Waals surface area contributed by atoms with E-state index < -0.39 is 0 Å². The van der Waals surface area contributed by atoms with E-state index in [0.717, 1.165) is 24.3 Å². The van der Waals surface area contributed by atoms with Gasteiger partial charge >= 0.3 is 0 Å². The number of hydrogen-bond acceptors (Lipinski definition) is 5. The molecule has 0 bridgehead atoms. The zero-order valence-corrected chi connectivity index (χ0v) is 13.6. The number of benzene rings is 1. The Hall–Kier alpha value is -2.54. The lowest BCUT2D eigenvalue weighted by Gasteiger charge is -2.36. The van der Waals surface area contributed by atoms with Gasteiger partial charge in [0.05, 0.1) is 29.5 Å². The lowest BCUT2D eigenvalue weighted by Crippen LogP contribution is -2.45. The van der Waals surface area contributed by atoms with E-state index in [9.17, 15) is 4.39 Å². The van der Waals surface area contributed by atoms with E-state index in [2.05, 4.69) is 33.8 Å². The van der Waals surface area contributed by atoms with Crippen LogP contribution in [0.3, 0.4) is 0 Å². The summed E-state index contributed by atoms with van der Waals surface area (Å²) >= 11 is 0. The average molecular weight is 327 g/mol. The summed E-state index contributed by atoms with van der Waals surface area (Å²) in [6.07, 6.45) is 3.54. The van der Waals surface area contributed by atoms with Crippen LogP contribution in [0.5, 0.6) is 0 Å². The van der Waals surface area contributed by atoms with E-state index in [0.29, 0.717) is 11.3 Å². The third-order valence-corrected chi connectivity index (χ3v) is 4.12. The summed E-state index contributed by atoms with van der Waals surface area (Å²) < 4.78 is 20.9. The van der Waals surface area contributed by atoms with Crippen LogP contribution < -0.4 is 4.90 Å². The van der Waals surface area contributed by atoms with Crippen LogP contribution in [0.4, 0.5) is 10.2 Å². The van der Waals surface area contributed by atoms with Gasteiger partial charge in [0.2, 0.25) is 0 Å². The highest BCUT2D eigenvalue weighted by Crippen LogP contribution is 2.27. The van der Waals surface area contributed by atoms with Crippen LogP contribution in [0, 0.1) is 5.82 Å². The molecule has 6 nitrogen and oxygen atoms in total. The average Bonchev–Trinajstić information content (AvgIpc) is 2.98. The molecule has 1 fully saturated rings. The number of halogens is 1. The van der Waals surface area contributed by atoms with Crippen LogP contribution >= 0.6 is 0 Å². The number of morpholine rings is 1. The highest BCUT2D eigenvalue weighted by Gasteiger charge is 2.25. The molecule has 3 aromatic rings. The van der Waals surface area contributed by atoms with Gasteiger partial charge in [0.1, 0.15) is 18.0 Å². The normalized spacial score (nSPS) is 21.4.